The van der Waals surface area contributed by atoms with Gasteiger partial charge in [-0.05, 0) is 49.2 Å². The van der Waals surface area contributed by atoms with Crippen molar-refractivity contribution in [3.63, 3.8) is 0 Å². The number of carbonyl (C=O) groups excluding carboxylic acids is 2. The largest absolute Gasteiger partial charge is 0.496 e. The standard InChI is InChI=1S/C22H22N2O3S2/c1-14-8-9-17(12-15(14)2)23-20(25)10-11-24-21(26)19(29-22(24)28)13-16-6-4-5-7-18(16)27-3/h4-9,12-13H,10-11H2,1-3H3,(H,23,25)/b19-13-. The van der Waals surface area contributed by atoms with Crippen molar-refractivity contribution < 1.29 is 14.3 Å². The molecule has 2 amide bonds. The van der Waals surface area contributed by atoms with Crippen molar-refractivity contribution in [2.45, 2.75) is 20.3 Å². The summed E-state index contributed by atoms with van der Waals surface area (Å²) >= 11 is 6.59. The molecule has 0 atom stereocenters. The summed E-state index contributed by atoms with van der Waals surface area (Å²) in [6, 6.07) is 13.2. The number of nitrogens with one attached hydrogen (secondary N) is 1. The Bertz CT molecular complexity index is 1000. The second-order valence-electron chi connectivity index (χ2n) is 6.67. The van der Waals surface area contributed by atoms with Crippen LogP contribution in [0.4, 0.5) is 5.69 Å². The number of benzene rings is 2. The third-order valence-corrected chi connectivity index (χ3v) is 6.03. The van der Waals surface area contributed by atoms with Crippen LogP contribution in [0.1, 0.15) is 23.1 Å². The van der Waals surface area contributed by atoms with Crippen LogP contribution in [0, 0.1) is 13.8 Å². The molecule has 2 aromatic carbocycles. The summed E-state index contributed by atoms with van der Waals surface area (Å²) in [4.78, 5) is 27.0. The van der Waals surface area contributed by atoms with Crippen molar-refractivity contribution >= 4 is 51.9 Å². The number of nitrogens with zero attached hydrogens (tertiary/aromatic N) is 1. The molecule has 7 heteroatoms. The van der Waals surface area contributed by atoms with E-state index in [4.69, 9.17) is 17.0 Å². The average Bonchev–Trinajstić information content (AvgIpc) is 2.96. The zero-order valence-electron chi connectivity index (χ0n) is 16.5. The molecule has 1 heterocycles. The van der Waals surface area contributed by atoms with Crippen LogP contribution in [0.5, 0.6) is 5.75 Å². The summed E-state index contributed by atoms with van der Waals surface area (Å²) < 4.78 is 5.79. The predicted molar refractivity (Wildman–Crippen MR) is 122 cm³/mol. The molecule has 0 spiro atoms. The van der Waals surface area contributed by atoms with Crippen molar-refractivity contribution in [1.82, 2.24) is 4.90 Å². The Kier molecular flexibility index (Phi) is 6.71. The third kappa shape index (κ3) is 5.05. The first-order valence-electron chi connectivity index (χ1n) is 9.14. The van der Waals surface area contributed by atoms with E-state index < -0.39 is 0 Å². The molecule has 1 N–H and O–H groups in total. The van der Waals surface area contributed by atoms with E-state index in [1.165, 1.54) is 22.2 Å². The minimum Gasteiger partial charge on any atom is -0.496 e. The molecule has 1 aliphatic rings. The number of anilines is 1. The minimum atomic E-state index is -0.190. The molecular weight excluding hydrogens is 404 g/mol. The van der Waals surface area contributed by atoms with Gasteiger partial charge >= 0.3 is 0 Å². The first-order valence-corrected chi connectivity index (χ1v) is 10.4. The summed E-state index contributed by atoms with van der Waals surface area (Å²) in [7, 11) is 1.59. The van der Waals surface area contributed by atoms with Crippen LogP contribution in [-0.4, -0.2) is 34.7 Å². The number of ether oxygens (including phenoxy) is 1. The second kappa shape index (κ2) is 9.24. The Labute approximate surface area is 180 Å². The molecule has 3 rings (SSSR count). The van der Waals surface area contributed by atoms with Gasteiger partial charge in [0.05, 0.1) is 12.0 Å². The number of rotatable bonds is 6. The van der Waals surface area contributed by atoms with Crippen LogP contribution >= 0.6 is 24.0 Å². The van der Waals surface area contributed by atoms with E-state index in [-0.39, 0.29) is 24.8 Å². The molecule has 0 radical (unpaired) electrons. The maximum atomic E-state index is 12.7. The monoisotopic (exact) mass is 426 g/mol. The molecule has 1 aliphatic heterocycles. The zero-order valence-corrected chi connectivity index (χ0v) is 18.2. The lowest BCUT2D eigenvalue weighted by Crippen LogP contribution is -2.31. The molecule has 150 valence electrons. The number of amides is 2. The fraction of sp³-hybridized carbons (Fsp3) is 0.227. The van der Waals surface area contributed by atoms with Gasteiger partial charge in [-0.2, -0.15) is 0 Å². The second-order valence-corrected chi connectivity index (χ2v) is 8.35. The summed E-state index contributed by atoms with van der Waals surface area (Å²) in [6.07, 6.45) is 1.94. The van der Waals surface area contributed by atoms with E-state index in [2.05, 4.69) is 5.32 Å². The predicted octanol–water partition coefficient (Wildman–Crippen LogP) is 4.54. The molecule has 5 nitrogen and oxygen atoms in total. The van der Waals surface area contributed by atoms with Crippen LogP contribution in [0.25, 0.3) is 6.08 Å². The number of aryl methyl sites for hydroxylation is 2. The van der Waals surface area contributed by atoms with E-state index in [1.54, 1.807) is 13.2 Å². The van der Waals surface area contributed by atoms with Gasteiger partial charge in [-0.3, -0.25) is 14.5 Å². The molecule has 0 aliphatic carbocycles. The summed E-state index contributed by atoms with van der Waals surface area (Å²) in [5.74, 6) is 0.339. The van der Waals surface area contributed by atoms with Crippen molar-refractivity contribution in [2.75, 3.05) is 19.0 Å². The van der Waals surface area contributed by atoms with Gasteiger partial charge in [-0.1, -0.05) is 48.2 Å². The Hall–Kier alpha value is -2.64. The van der Waals surface area contributed by atoms with Crippen molar-refractivity contribution in [2.24, 2.45) is 0 Å². The molecule has 1 saturated heterocycles. The third-order valence-electron chi connectivity index (χ3n) is 4.65. The molecule has 1 fully saturated rings. The highest BCUT2D eigenvalue weighted by atomic mass is 32.2. The van der Waals surface area contributed by atoms with Crippen LogP contribution in [0.2, 0.25) is 0 Å². The SMILES string of the molecule is COc1ccccc1/C=C1\SC(=S)N(CCC(=O)Nc2ccc(C)c(C)c2)C1=O. The molecule has 2 aromatic rings. The molecule has 0 bridgehead atoms. The summed E-state index contributed by atoms with van der Waals surface area (Å²) in [6.45, 7) is 4.26. The van der Waals surface area contributed by atoms with E-state index >= 15 is 0 Å². The van der Waals surface area contributed by atoms with E-state index in [0.29, 0.717) is 15.0 Å². The molecule has 0 saturated carbocycles. The van der Waals surface area contributed by atoms with Gasteiger partial charge in [0.1, 0.15) is 10.1 Å². The number of hydrogen-bond donors (Lipinski definition) is 1. The van der Waals surface area contributed by atoms with Gasteiger partial charge < -0.3 is 10.1 Å². The highest BCUT2D eigenvalue weighted by Gasteiger charge is 2.32. The number of hydrogen-bond acceptors (Lipinski definition) is 5. The van der Waals surface area contributed by atoms with Crippen LogP contribution in [0.15, 0.2) is 47.4 Å². The lowest BCUT2D eigenvalue weighted by molar-refractivity contribution is -0.122. The maximum Gasteiger partial charge on any atom is 0.266 e. The number of methoxy groups -OCH3 is 1. The van der Waals surface area contributed by atoms with Gasteiger partial charge in [0.2, 0.25) is 5.91 Å². The van der Waals surface area contributed by atoms with Gasteiger partial charge in [-0.15, -0.1) is 0 Å². The summed E-state index contributed by atoms with van der Waals surface area (Å²) in [5, 5.41) is 2.87. The molecule has 0 aromatic heterocycles. The highest BCUT2D eigenvalue weighted by Crippen LogP contribution is 2.34. The lowest BCUT2D eigenvalue weighted by atomic mass is 10.1. The number of para-hydroxylation sites is 1. The Morgan fingerprint density at radius 1 is 1.21 bits per heavy atom. The fourth-order valence-corrected chi connectivity index (χ4v) is 4.18. The van der Waals surface area contributed by atoms with Crippen molar-refractivity contribution in [3.8, 4) is 5.75 Å². The van der Waals surface area contributed by atoms with E-state index in [9.17, 15) is 9.59 Å². The zero-order chi connectivity index (χ0) is 21.0. The van der Waals surface area contributed by atoms with Crippen LogP contribution in [-0.2, 0) is 9.59 Å². The van der Waals surface area contributed by atoms with Crippen LogP contribution < -0.4 is 10.1 Å². The van der Waals surface area contributed by atoms with Gasteiger partial charge in [-0.25, -0.2) is 0 Å². The fourth-order valence-electron chi connectivity index (χ4n) is 2.88. The van der Waals surface area contributed by atoms with Crippen molar-refractivity contribution in [1.29, 1.82) is 0 Å². The van der Waals surface area contributed by atoms with Gasteiger partial charge in [0.15, 0.2) is 0 Å². The topological polar surface area (TPSA) is 58.6 Å². The van der Waals surface area contributed by atoms with Crippen molar-refractivity contribution in [3.05, 3.63) is 64.1 Å². The number of thioether (sulfide) groups is 1. The molecular formula is C22H22N2O3S2. The number of thiocarbonyl (C=S) groups is 1. The Morgan fingerprint density at radius 3 is 2.69 bits per heavy atom. The first kappa shape index (κ1) is 21.1. The average molecular weight is 427 g/mol. The normalized spacial score (nSPS) is 15.1. The Balaban J connectivity index is 1.63. The summed E-state index contributed by atoms with van der Waals surface area (Å²) in [5.41, 5.74) is 3.84. The van der Waals surface area contributed by atoms with Crippen LogP contribution in [0.3, 0.4) is 0 Å². The van der Waals surface area contributed by atoms with Gasteiger partial charge in [0, 0.05) is 24.2 Å². The van der Waals surface area contributed by atoms with Gasteiger partial charge in [0.25, 0.3) is 5.91 Å². The number of carbonyl (C=O) groups is 2. The van der Waals surface area contributed by atoms with E-state index in [0.717, 1.165) is 16.8 Å². The highest BCUT2D eigenvalue weighted by molar-refractivity contribution is 8.26. The minimum absolute atomic E-state index is 0.156. The smallest absolute Gasteiger partial charge is 0.266 e. The maximum absolute atomic E-state index is 12.7. The molecule has 29 heavy (non-hydrogen) atoms. The quantitative estimate of drug-likeness (QED) is 0.543. The lowest BCUT2D eigenvalue weighted by Gasteiger charge is -2.14. The Morgan fingerprint density at radius 2 is 1.97 bits per heavy atom. The molecule has 0 unspecified atom stereocenters. The van der Waals surface area contributed by atoms with E-state index in [1.807, 2.05) is 56.3 Å². The first-order chi connectivity index (χ1) is 13.9.